The third-order valence-electron chi connectivity index (χ3n) is 15.3. The molecule has 14 rings (SSSR count). The smallest absolute Gasteiger partial charge is 0.0159 e. The summed E-state index contributed by atoms with van der Waals surface area (Å²) >= 11 is 0. The van der Waals surface area contributed by atoms with Crippen molar-refractivity contribution in [3.05, 3.63) is 228 Å². The zero-order chi connectivity index (χ0) is 43.0. The summed E-state index contributed by atoms with van der Waals surface area (Å²) in [4.78, 5) is 0. The molecule has 0 bridgehead atoms. The molecule has 4 aliphatic rings. The Bertz CT molecular complexity index is 3710. The van der Waals surface area contributed by atoms with E-state index in [0.29, 0.717) is 0 Å². The minimum atomic E-state index is -0.126. The minimum absolute atomic E-state index is 0.126. The van der Waals surface area contributed by atoms with Crippen molar-refractivity contribution in [2.75, 3.05) is 0 Å². The van der Waals surface area contributed by atoms with Crippen LogP contribution in [-0.2, 0) is 11.8 Å². The number of benzene rings is 10. The summed E-state index contributed by atoms with van der Waals surface area (Å²) in [5.41, 5.74) is 29.1. The molecule has 0 amide bonds. The normalized spacial score (nSPS) is 14.3. The Kier molecular flexibility index (Phi) is 7.67. The number of rotatable bonds is 5. The quantitative estimate of drug-likeness (QED) is 0.162. The van der Waals surface area contributed by atoms with Crippen molar-refractivity contribution in [2.45, 2.75) is 32.1 Å². The van der Waals surface area contributed by atoms with E-state index >= 15 is 0 Å². The van der Waals surface area contributed by atoms with Gasteiger partial charge in [-0.2, -0.15) is 0 Å². The van der Waals surface area contributed by atoms with E-state index in [9.17, 15) is 0 Å². The van der Waals surface area contributed by atoms with Gasteiger partial charge in [0.25, 0.3) is 0 Å². The maximum atomic E-state index is 2.45. The van der Waals surface area contributed by atoms with E-state index in [1.165, 1.54) is 144 Å². The topological polar surface area (TPSA) is 0 Å². The van der Waals surface area contributed by atoms with Crippen LogP contribution >= 0.6 is 0 Å². The number of allylic oxidation sites excluding steroid dienone is 3. The summed E-state index contributed by atoms with van der Waals surface area (Å²) < 4.78 is 0. The van der Waals surface area contributed by atoms with Gasteiger partial charge in [0.1, 0.15) is 0 Å². The van der Waals surface area contributed by atoms with Crippen LogP contribution in [0.4, 0.5) is 0 Å². The average Bonchev–Trinajstić information content (AvgIpc) is 3.81. The second-order valence-electron chi connectivity index (χ2n) is 19.1. The van der Waals surface area contributed by atoms with Crippen LogP contribution in [-0.4, -0.2) is 0 Å². The van der Waals surface area contributed by atoms with E-state index in [4.69, 9.17) is 0 Å². The highest BCUT2D eigenvalue weighted by molar-refractivity contribution is 6.18. The summed E-state index contributed by atoms with van der Waals surface area (Å²) in [6, 6.07) is 71.2. The fraction of sp³-hybridized carbons (Fsp3) is 0.0769. The lowest BCUT2D eigenvalue weighted by molar-refractivity contribution is 0.661. The van der Waals surface area contributed by atoms with Gasteiger partial charge < -0.3 is 0 Å². The Hall–Kier alpha value is -7.80. The van der Waals surface area contributed by atoms with Crippen molar-refractivity contribution in [3.8, 4) is 89.0 Å². The Morgan fingerprint density at radius 1 is 0.369 bits per heavy atom. The van der Waals surface area contributed by atoms with E-state index in [2.05, 4.69) is 220 Å². The van der Waals surface area contributed by atoms with Crippen molar-refractivity contribution in [1.82, 2.24) is 0 Å². The second-order valence-corrected chi connectivity index (χ2v) is 19.1. The molecule has 4 aliphatic carbocycles. The second kappa shape index (κ2) is 13.6. The summed E-state index contributed by atoms with van der Waals surface area (Å²) in [7, 11) is 0. The van der Waals surface area contributed by atoms with Gasteiger partial charge in [-0.15, -0.1) is 0 Å². The molecule has 0 radical (unpaired) electrons. The van der Waals surface area contributed by atoms with Crippen LogP contribution in [0.15, 0.2) is 200 Å². The molecule has 0 heteroatoms. The third kappa shape index (κ3) is 5.38. The van der Waals surface area contributed by atoms with Gasteiger partial charge in [0.2, 0.25) is 0 Å². The van der Waals surface area contributed by atoms with Gasteiger partial charge in [-0.1, -0.05) is 208 Å². The van der Waals surface area contributed by atoms with Crippen LogP contribution in [0.3, 0.4) is 0 Å². The van der Waals surface area contributed by atoms with Crippen molar-refractivity contribution in [1.29, 1.82) is 0 Å². The van der Waals surface area contributed by atoms with Crippen molar-refractivity contribution in [2.24, 2.45) is 0 Å². The molecule has 0 unspecified atom stereocenters. The van der Waals surface area contributed by atoms with Gasteiger partial charge in [0.05, 0.1) is 0 Å². The van der Waals surface area contributed by atoms with Gasteiger partial charge in [-0.25, -0.2) is 0 Å². The molecule has 0 saturated carbocycles. The van der Waals surface area contributed by atoms with Crippen molar-refractivity contribution in [3.63, 3.8) is 0 Å². The highest BCUT2D eigenvalue weighted by Crippen LogP contribution is 2.52. The monoisotopic (exact) mass is 824 g/mol. The predicted octanol–water partition coefficient (Wildman–Crippen LogP) is 17.6. The minimum Gasteiger partial charge on any atom is -0.0795 e. The molecule has 65 heavy (non-hydrogen) atoms. The van der Waals surface area contributed by atoms with Crippen molar-refractivity contribution >= 4 is 33.2 Å². The van der Waals surface area contributed by atoms with E-state index in [1.54, 1.807) is 0 Å². The zero-order valence-electron chi connectivity index (χ0n) is 36.5. The van der Waals surface area contributed by atoms with Crippen LogP contribution in [0.25, 0.3) is 122 Å². The summed E-state index contributed by atoms with van der Waals surface area (Å²) in [6.45, 7) is 4.78. The molecule has 0 heterocycles. The Morgan fingerprint density at radius 2 is 0.862 bits per heavy atom. The lowest BCUT2D eigenvalue weighted by atomic mass is 9.79. The first-order valence-corrected chi connectivity index (χ1v) is 23.2. The summed E-state index contributed by atoms with van der Waals surface area (Å²) in [5.74, 6) is 0. The Balaban J connectivity index is 0.721. The van der Waals surface area contributed by atoms with Gasteiger partial charge in [-0.05, 0) is 169 Å². The standard InChI is InChI=1S/C65H44/c1-65(2)60-37-48(41-15-13-39(14-16-41)40-17-21-43(22-18-40)50-31-27-47-26-25-45-7-5-8-46-28-34-58(50)63(47)62(45)46)29-32-54(60)55-33-30-49(38-61(55)65)42-19-23-44(24-20-42)51-35-36-59-53-10-4-3-9-52(53)57-12-6-11-56(51)64(57)59/h3-7,9-33,35-38H,8,34H2,1-2H3. The molecule has 0 N–H and O–H groups in total. The molecule has 0 atom stereocenters. The molecule has 0 nitrogen and oxygen atoms in total. The maximum Gasteiger partial charge on any atom is 0.0159 e. The van der Waals surface area contributed by atoms with E-state index in [1.807, 2.05) is 0 Å². The van der Waals surface area contributed by atoms with E-state index < -0.39 is 0 Å². The molecule has 0 fully saturated rings. The van der Waals surface area contributed by atoms with Crippen LogP contribution in [0.5, 0.6) is 0 Å². The fourth-order valence-electron chi connectivity index (χ4n) is 12.0. The number of hydrogen-bond donors (Lipinski definition) is 0. The predicted molar refractivity (Wildman–Crippen MR) is 276 cm³/mol. The molecule has 0 aromatic heterocycles. The largest absolute Gasteiger partial charge is 0.0795 e. The first-order chi connectivity index (χ1) is 32.0. The first-order valence-electron chi connectivity index (χ1n) is 23.2. The number of hydrogen-bond acceptors (Lipinski definition) is 0. The number of fused-ring (bicyclic) bond motifs is 6. The first kappa shape index (κ1) is 36.7. The molecule has 10 aromatic carbocycles. The van der Waals surface area contributed by atoms with Crippen LogP contribution in [0.2, 0.25) is 0 Å². The van der Waals surface area contributed by atoms with Gasteiger partial charge in [-0.3, -0.25) is 0 Å². The lowest BCUT2D eigenvalue weighted by Crippen LogP contribution is -2.15. The van der Waals surface area contributed by atoms with Crippen LogP contribution in [0, 0.1) is 0 Å². The van der Waals surface area contributed by atoms with Gasteiger partial charge in [0, 0.05) is 5.41 Å². The van der Waals surface area contributed by atoms with E-state index in [-0.39, 0.29) is 5.41 Å². The molecule has 0 saturated heterocycles. The van der Waals surface area contributed by atoms with Crippen LogP contribution in [0.1, 0.15) is 48.1 Å². The molecular formula is C65H44. The third-order valence-corrected chi connectivity index (χ3v) is 15.3. The Morgan fingerprint density at radius 3 is 1.51 bits per heavy atom. The summed E-state index contributed by atoms with van der Waals surface area (Å²) in [5, 5.41) is 5.49. The lowest BCUT2D eigenvalue weighted by Gasteiger charge is -2.25. The highest BCUT2D eigenvalue weighted by Gasteiger charge is 2.36. The average molecular weight is 825 g/mol. The van der Waals surface area contributed by atoms with E-state index in [0.717, 1.165) is 12.8 Å². The molecule has 0 aliphatic heterocycles. The zero-order valence-corrected chi connectivity index (χ0v) is 36.5. The van der Waals surface area contributed by atoms with Crippen LogP contribution < -0.4 is 0 Å². The van der Waals surface area contributed by atoms with Gasteiger partial charge >= 0.3 is 0 Å². The van der Waals surface area contributed by atoms with Gasteiger partial charge in [0.15, 0.2) is 0 Å². The Labute approximate surface area is 380 Å². The molecule has 0 spiro atoms. The SMILES string of the molecule is CC1(C)c2cc(-c3ccc(-c4ccc(-c5ccc6ccc7c8c6c5CC=C8CC=C7)cc4)cc3)ccc2-c2ccc(-c3ccc(-c4ccc5c6c(cccc46)-c4ccccc4-5)cc3)cc21. The fourth-order valence-corrected chi connectivity index (χ4v) is 12.0. The maximum absolute atomic E-state index is 2.45. The van der Waals surface area contributed by atoms with Crippen molar-refractivity contribution < 1.29 is 0 Å². The summed E-state index contributed by atoms with van der Waals surface area (Å²) in [6.07, 6.45) is 9.07. The highest BCUT2D eigenvalue weighted by atomic mass is 14.4. The molecular weight excluding hydrogens is 781 g/mol. The molecule has 304 valence electrons. The molecule has 10 aromatic rings.